The maximum atomic E-state index is 15.4. The van der Waals surface area contributed by atoms with Gasteiger partial charge in [0.05, 0.1) is 4.92 Å². The minimum absolute atomic E-state index is 0.361. The fourth-order valence-electron chi connectivity index (χ4n) is 4.53. The number of hydrogen-bond donors (Lipinski definition) is 1. The Morgan fingerprint density at radius 1 is 1.05 bits per heavy atom. The first-order chi connectivity index (χ1) is 17.9. The van der Waals surface area contributed by atoms with E-state index in [-0.39, 0.29) is 0 Å². The van der Waals surface area contributed by atoms with Crippen LogP contribution in [0.4, 0.5) is 19.7 Å². The highest BCUT2D eigenvalue weighted by Gasteiger charge is 2.66. The van der Waals surface area contributed by atoms with E-state index < -0.39 is 89.1 Å². The average molecular weight is 588 g/mol. The molecule has 2 atom stereocenters. The molecule has 0 saturated heterocycles. The predicted octanol–water partition coefficient (Wildman–Crippen LogP) is 4.87. The predicted molar refractivity (Wildman–Crippen MR) is 145 cm³/mol. The van der Waals surface area contributed by atoms with Crippen LogP contribution in [-0.4, -0.2) is 68.7 Å². The van der Waals surface area contributed by atoms with E-state index in [0.29, 0.717) is 4.90 Å². The van der Waals surface area contributed by atoms with E-state index in [0.717, 1.165) is 18.2 Å². The van der Waals surface area contributed by atoms with E-state index in [1.165, 1.54) is 69.2 Å². The first-order valence-corrected chi connectivity index (χ1v) is 14.0. The third-order valence-corrected chi connectivity index (χ3v) is 10.1. The molecule has 224 valence electrons. The molecule has 1 aromatic carbocycles. The van der Waals surface area contributed by atoms with Crippen LogP contribution in [0.15, 0.2) is 23.2 Å². The topological polar surface area (TPSA) is 166 Å². The van der Waals surface area contributed by atoms with E-state index in [2.05, 4.69) is 4.99 Å². The molecule has 40 heavy (non-hydrogen) atoms. The zero-order valence-electron chi connectivity index (χ0n) is 24.5. The van der Waals surface area contributed by atoms with E-state index in [1.807, 2.05) is 0 Å². The summed E-state index contributed by atoms with van der Waals surface area (Å²) >= 11 is 0. The van der Waals surface area contributed by atoms with E-state index in [1.54, 1.807) is 0 Å². The lowest BCUT2D eigenvalue weighted by Crippen LogP contribution is -2.68. The van der Waals surface area contributed by atoms with Crippen molar-refractivity contribution in [1.82, 2.24) is 4.90 Å². The smallest absolute Gasteiger partial charge is 0.425 e. The third kappa shape index (κ3) is 5.69. The van der Waals surface area contributed by atoms with Crippen LogP contribution in [0.3, 0.4) is 0 Å². The summed E-state index contributed by atoms with van der Waals surface area (Å²) in [7, 11) is -4.60. The Kier molecular flexibility index (Phi) is 8.57. The van der Waals surface area contributed by atoms with Gasteiger partial charge in [-0.15, -0.1) is 0 Å². The number of non-ortho nitro benzene ring substituents is 1. The molecular weight excluding hydrogens is 549 g/mol. The van der Waals surface area contributed by atoms with Gasteiger partial charge in [-0.25, -0.2) is 22.4 Å². The van der Waals surface area contributed by atoms with Gasteiger partial charge in [0.15, 0.2) is 9.84 Å². The van der Waals surface area contributed by atoms with Crippen molar-refractivity contribution in [3.8, 4) is 0 Å². The standard InChI is InChI=1S/C26H38FN3O9S/c1-22(2,3)38-20(32)29(21(33)39-23(4,5)6)19-24(7,8)40(36,37)25(9,13-14-31)26(10,28-19)17-15-16(30(34)35)11-12-18(17)27/h11-12,15,31H,13-14H2,1-10H3/t25?,26-/m1/s1. The van der Waals surface area contributed by atoms with E-state index in [9.17, 15) is 33.2 Å². The lowest BCUT2D eigenvalue weighted by atomic mass is 9.77. The number of carbonyl (C=O) groups is 2. The second-order valence-electron chi connectivity index (χ2n) is 12.4. The molecule has 0 spiro atoms. The van der Waals surface area contributed by atoms with Crippen LogP contribution in [-0.2, 0) is 24.8 Å². The monoisotopic (exact) mass is 587 g/mol. The van der Waals surface area contributed by atoms with Crippen LogP contribution in [0, 0.1) is 15.9 Å². The Hall–Kier alpha value is -3.13. The average Bonchev–Trinajstić information content (AvgIpc) is 2.75. The van der Waals surface area contributed by atoms with Gasteiger partial charge in [-0.1, -0.05) is 0 Å². The van der Waals surface area contributed by atoms with Crippen LogP contribution >= 0.6 is 0 Å². The van der Waals surface area contributed by atoms with Crippen LogP contribution in [0.2, 0.25) is 0 Å². The van der Waals surface area contributed by atoms with Gasteiger partial charge >= 0.3 is 12.2 Å². The van der Waals surface area contributed by atoms with Crippen molar-refractivity contribution < 1.29 is 41.9 Å². The quantitative estimate of drug-likeness (QED) is 0.382. The molecule has 0 aromatic heterocycles. The highest BCUT2D eigenvalue weighted by molar-refractivity contribution is 7.95. The number of aliphatic hydroxyl groups is 1. The van der Waals surface area contributed by atoms with Gasteiger partial charge in [-0.2, -0.15) is 4.90 Å². The Labute approximate surface area is 233 Å². The maximum absolute atomic E-state index is 15.4. The van der Waals surface area contributed by atoms with Gasteiger partial charge < -0.3 is 14.6 Å². The summed E-state index contributed by atoms with van der Waals surface area (Å²) in [5.41, 5.74) is -5.47. The minimum atomic E-state index is -4.60. The lowest BCUT2D eigenvalue weighted by molar-refractivity contribution is -0.385. The number of imide groups is 1. The maximum Gasteiger partial charge on any atom is 0.425 e. The van der Waals surface area contributed by atoms with E-state index >= 15 is 4.39 Å². The lowest BCUT2D eigenvalue weighted by Gasteiger charge is -2.52. The Bertz CT molecular complexity index is 1320. The van der Waals surface area contributed by atoms with Gasteiger partial charge in [-0.05, 0) is 81.7 Å². The summed E-state index contributed by atoms with van der Waals surface area (Å²) in [4.78, 5) is 42.6. The normalized spacial score (nSPS) is 24.1. The van der Waals surface area contributed by atoms with Crippen LogP contribution in [0.25, 0.3) is 0 Å². The van der Waals surface area contributed by atoms with Crippen LogP contribution in [0.5, 0.6) is 0 Å². The SMILES string of the molecule is CC(C)(C)OC(=O)N(C(=O)OC(C)(C)C)C1=N[C@](C)(c2cc([N+](=O)[O-])ccc2F)C(C)(CCO)S(=O)(=O)C1(C)C. The molecule has 0 aliphatic carbocycles. The van der Waals surface area contributed by atoms with Crippen LogP contribution in [0.1, 0.15) is 81.2 Å². The summed E-state index contributed by atoms with van der Waals surface area (Å²) in [6.45, 7) is 13.4. The molecule has 2 rings (SSSR count). The second kappa shape index (κ2) is 10.4. The first kappa shape index (κ1) is 33.1. The first-order valence-electron chi connectivity index (χ1n) is 12.5. The highest BCUT2D eigenvalue weighted by Crippen LogP contribution is 2.53. The van der Waals surface area contributed by atoms with Crippen molar-refractivity contribution >= 4 is 33.5 Å². The molecule has 0 saturated carbocycles. The van der Waals surface area contributed by atoms with Gasteiger partial charge in [-0.3, -0.25) is 15.1 Å². The van der Waals surface area contributed by atoms with Crippen molar-refractivity contribution in [2.24, 2.45) is 4.99 Å². The molecule has 1 N–H and O–H groups in total. The number of nitro groups is 1. The fourth-order valence-corrected chi connectivity index (χ4v) is 7.07. The van der Waals surface area contributed by atoms with Crippen molar-refractivity contribution in [3.05, 3.63) is 39.7 Å². The Balaban J connectivity index is 3.11. The molecule has 1 unspecified atom stereocenters. The highest BCUT2D eigenvalue weighted by atomic mass is 32.2. The number of hydrogen-bond acceptors (Lipinski definition) is 10. The minimum Gasteiger partial charge on any atom is -0.443 e. The molecule has 0 bridgehead atoms. The number of halogens is 1. The number of rotatable bonds is 4. The number of nitrogens with zero attached hydrogens (tertiary/aromatic N) is 3. The third-order valence-electron chi connectivity index (χ3n) is 6.80. The Morgan fingerprint density at radius 3 is 1.93 bits per heavy atom. The largest absolute Gasteiger partial charge is 0.443 e. The summed E-state index contributed by atoms with van der Waals surface area (Å²) in [5.74, 6) is -1.66. The Morgan fingerprint density at radius 2 is 1.52 bits per heavy atom. The molecule has 14 heteroatoms. The van der Waals surface area contributed by atoms with Crippen molar-refractivity contribution in [1.29, 1.82) is 0 Å². The number of aliphatic imine (C=N–C) groups is 1. The van der Waals surface area contributed by atoms with Gasteiger partial charge in [0.1, 0.15) is 37.9 Å². The summed E-state index contributed by atoms with van der Waals surface area (Å²) < 4.78 is 50.9. The van der Waals surface area contributed by atoms with Gasteiger partial charge in [0, 0.05) is 24.3 Å². The van der Waals surface area contributed by atoms with Crippen molar-refractivity contribution in [2.75, 3.05) is 6.61 Å². The molecule has 0 fully saturated rings. The number of nitro benzene ring substituents is 1. The number of benzene rings is 1. The van der Waals surface area contributed by atoms with Crippen molar-refractivity contribution in [3.63, 3.8) is 0 Å². The number of sulfone groups is 1. The molecule has 1 aliphatic rings. The van der Waals surface area contributed by atoms with Crippen LogP contribution < -0.4 is 0 Å². The zero-order chi connectivity index (χ0) is 31.3. The molecular formula is C26H38FN3O9S. The molecule has 12 nitrogen and oxygen atoms in total. The molecule has 1 aliphatic heterocycles. The number of amides is 2. The van der Waals surface area contributed by atoms with Crippen molar-refractivity contribution in [2.45, 2.75) is 102 Å². The van der Waals surface area contributed by atoms with E-state index in [4.69, 9.17) is 9.47 Å². The summed E-state index contributed by atoms with van der Waals surface area (Å²) in [5, 5.41) is 21.5. The number of carbonyl (C=O) groups excluding carboxylic acids is 2. The number of aliphatic hydroxyl groups excluding tert-OH is 1. The van der Waals surface area contributed by atoms with Gasteiger partial charge in [0.2, 0.25) is 0 Å². The number of amidine groups is 1. The fraction of sp³-hybridized carbons (Fsp3) is 0.654. The molecule has 0 radical (unpaired) electrons. The molecule has 1 heterocycles. The number of ether oxygens (including phenoxy) is 2. The molecule has 2 amide bonds. The molecule has 1 aromatic rings. The zero-order valence-corrected chi connectivity index (χ0v) is 25.3. The second-order valence-corrected chi connectivity index (χ2v) is 15.4. The summed E-state index contributed by atoms with van der Waals surface area (Å²) in [6, 6.07) is 2.56. The van der Waals surface area contributed by atoms with Gasteiger partial charge in [0.25, 0.3) is 5.69 Å². The summed E-state index contributed by atoms with van der Waals surface area (Å²) in [6.07, 6.45) is -3.04.